The molecular weight excluding hydrogens is 541 g/mol. The maximum atomic E-state index is 13.5. The molecule has 2 amide bonds. The Balaban J connectivity index is 1.23. The van der Waals surface area contributed by atoms with Gasteiger partial charge in [-0.25, -0.2) is 0 Å². The van der Waals surface area contributed by atoms with Crippen LogP contribution in [0.25, 0.3) is 0 Å². The highest BCUT2D eigenvalue weighted by molar-refractivity contribution is 6.34. The molecule has 0 radical (unpaired) electrons. The number of aryl methyl sites for hydroxylation is 1. The van der Waals surface area contributed by atoms with Gasteiger partial charge in [-0.2, -0.15) is 13.2 Å². The first-order valence-electron chi connectivity index (χ1n) is 13.4. The zero-order valence-electron chi connectivity index (χ0n) is 21.8. The number of hydrogen-bond acceptors (Lipinski definition) is 4. The second kappa shape index (κ2) is 11.9. The standard InChI is InChI=1S/C30H30ClF3N4O2/c31-26-6-2-5-25(30(32,33)34)27(26)29(40)36-18-21-4-1-3-19-7-8-20(17-24(19)21)28(39)37-22-11-15-38(16-12-22)23-9-13-35-14-10-23/h2,5-10,13-14,17,21-22H,1,3-4,11-12,15-16,18H2,(H,36,40)(H,37,39). The lowest BCUT2D eigenvalue weighted by Gasteiger charge is -2.34. The predicted molar refractivity (Wildman–Crippen MR) is 148 cm³/mol. The number of piperidine rings is 1. The number of pyridine rings is 1. The van der Waals surface area contributed by atoms with Crippen molar-refractivity contribution in [3.63, 3.8) is 0 Å². The van der Waals surface area contributed by atoms with Crippen molar-refractivity contribution in [3.8, 4) is 0 Å². The van der Waals surface area contributed by atoms with Gasteiger partial charge in [0.2, 0.25) is 0 Å². The monoisotopic (exact) mass is 570 g/mol. The fraction of sp³-hybridized carbons (Fsp3) is 0.367. The first-order chi connectivity index (χ1) is 19.2. The molecule has 1 saturated heterocycles. The van der Waals surface area contributed by atoms with E-state index in [9.17, 15) is 22.8 Å². The van der Waals surface area contributed by atoms with Gasteiger partial charge in [0.05, 0.1) is 16.1 Å². The Morgan fingerprint density at radius 3 is 2.48 bits per heavy atom. The fourth-order valence-corrected chi connectivity index (χ4v) is 5.91. The molecule has 0 saturated carbocycles. The van der Waals surface area contributed by atoms with Gasteiger partial charge >= 0.3 is 6.18 Å². The maximum absolute atomic E-state index is 13.5. The number of hydrogen-bond donors (Lipinski definition) is 2. The summed E-state index contributed by atoms with van der Waals surface area (Å²) < 4.78 is 40.5. The summed E-state index contributed by atoms with van der Waals surface area (Å²) in [5, 5.41) is 5.57. The molecular formula is C30H30ClF3N4O2. The largest absolute Gasteiger partial charge is 0.417 e. The molecule has 5 rings (SSSR count). The summed E-state index contributed by atoms with van der Waals surface area (Å²) in [6, 6.07) is 13.0. The van der Waals surface area contributed by atoms with E-state index in [2.05, 4.69) is 20.5 Å². The van der Waals surface area contributed by atoms with E-state index in [1.165, 1.54) is 12.1 Å². The smallest absolute Gasteiger partial charge is 0.371 e. The number of fused-ring (bicyclic) bond motifs is 1. The topological polar surface area (TPSA) is 74.3 Å². The molecule has 2 aliphatic rings. The number of nitrogens with zero attached hydrogens (tertiary/aromatic N) is 2. The Kier molecular flexibility index (Phi) is 8.30. The number of carbonyl (C=O) groups is 2. The van der Waals surface area contributed by atoms with Crippen molar-refractivity contribution >= 4 is 29.1 Å². The predicted octanol–water partition coefficient (Wildman–Crippen LogP) is 6.00. The highest BCUT2D eigenvalue weighted by Crippen LogP contribution is 2.36. The van der Waals surface area contributed by atoms with Crippen LogP contribution < -0.4 is 15.5 Å². The van der Waals surface area contributed by atoms with Gasteiger partial charge in [0.25, 0.3) is 11.8 Å². The van der Waals surface area contributed by atoms with Gasteiger partial charge in [0, 0.05) is 55.2 Å². The Bertz CT molecular complexity index is 1380. The summed E-state index contributed by atoms with van der Waals surface area (Å²) in [4.78, 5) is 32.3. The molecule has 1 aliphatic carbocycles. The van der Waals surface area contributed by atoms with Crippen LogP contribution in [-0.4, -0.2) is 42.5 Å². The highest BCUT2D eigenvalue weighted by atomic mass is 35.5. The maximum Gasteiger partial charge on any atom is 0.417 e. The second-order valence-corrected chi connectivity index (χ2v) is 10.7. The van der Waals surface area contributed by atoms with Gasteiger partial charge < -0.3 is 15.5 Å². The third kappa shape index (κ3) is 6.25. The lowest BCUT2D eigenvalue weighted by atomic mass is 9.81. The summed E-state index contributed by atoms with van der Waals surface area (Å²) in [6.45, 7) is 1.82. The van der Waals surface area contributed by atoms with Crippen molar-refractivity contribution < 1.29 is 22.8 Å². The van der Waals surface area contributed by atoms with Crippen LogP contribution >= 0.6 is 11.6 Å². The van der Waals surface area contributed by atoms with Crippen LogP contribution in [0.2, 0.25) is 5.02 Å². The van der Waals surface area contributed by atoms with Crippen molar-refractivity contribution in [2.75, 3.05) is 24.5 Å². The summed E-state index contributed by atoms with van der Waals surface area (Å²) >= 11 is 6.00. The van der Waals surface area contributed by atoms with Crippen molar-refractivity contribution in [2.45, 2.75) is 50.2 Å². The van der Waals surface area contributed by atoms with Crippen LogP contribution in [-0.2, 0) is 12.6 Å². The summed E-state index contributed by atoms with van der Waals surface area (Å²) in [7, 11) is 0. The van der Waals surface area contributed by atoms with E-state index in [0.717, 1.165) is 68.1 Å². The third-order valence-electron chi connectivity index (χ3n) is 7.76. The number of carbonyl (C=O) groups excluding carboxylic acids is 2. The number of aromatic nitrogens is 1. The number of alkyl halides is 3. The molecule has 0 spiro atoms. The van der Waals surface area contributed by atoms with Crippen molar-refractivity contribution in [2.24, 2.45) is 0 Å². The lowest BCUT2D eigenvalue weighted by molar-refractivity contribution is -0.137. The zero-order valence-corrected chi connectivity index (χ0v) is 22.6. The van der Waals surface area contributed by atoms with E-state index < -0.39 is 23.2 Å². The minimum Gasteiger partial charge on any atom is -0.371 e. The van der Waals surface area contributed by atoms with Crippen LogP contribution in [0, 0.1) is 0 Å². The molecule has 2 aromatic carbocycles. The minimum absolute atomic E-state index is 0.0650. The van der Waals surface area contributed by atoms with E-state index in [0.29, 0.717) is 5.56 Å². The van der Waals surface area contributed by atoms with Gasteiger partial charge in [-0.3, -0.25) is 14.6 Å². The molecule has 40 heavy (non-hydrogen) atoms. The third-order valence-corrected chi connectivity index (χ3v) is 8.07. The van der Waals surface area contributed by atoms with E-state index in [1.54, 1.807) is 12.4 Å². The number of rotatable bonds is 6. The van der Waals surface area contributed by atoms with Gasteiger partial charge in [0.15, 0.2) is 0 Å². The van der Waals surface area contributed by atoms with Gasteiger partial charge in [-0.15, -0.1) is 0 Å². The SMILES string of the molecule is O=C(NC1CCN(c2ccncc2)CC1)c1ccc2c(c1)C(CNC(=O)c1c(Cl)cccc1C(F)(F)F)CCC2. The van der Waals surface area contributed by atoms with E-state index in [1.807, 2.05) is 30.3 Å². The lowest BCUT2D eigenvalue weighted by Crippen LogP contribution is -2.44. The highest BCUT2D eigenvalue weighted by Gasteiger charge is 2.36. The van der Waals surface area contributed by atoms with Gasteiger partial charge in [-0.1, -0.05) is 23.7 Å². The van der Waals surface area contributed by atoms with Crippen LogP contribution in [0.15, 0.2) is 60.9 Å². The fourth-order valence-electron chi connectivity index (χ4n) is 5.65. The Morgan fingerprint density at radius 1 is 1.00 bits per heavy atom. The second-order valence-electron chi connectivity index (χ2n) is 10.3. The molecule has 2 heterocycles. The molecule has 10 heteroatoms. The van der Waals surface area contributed by atoms with E-state index in [-0.39, 0.29) is 29.4 Å². The first kappa shape index (κ1) is 28.0. The molecule has 210 valence electrons. The normalized spacial score (nSPS) is 17.7. The molecule has 3 aromatic rings. The van der Waals surface area contributed by atoms with Crippen molar-refractivity contribution in [1.29, 1.82) is 0 Å². The zero-order chi connectivity index (χ0) is 28.3. The molecule has 2 N–H and O–H groups in total. The van der Waals surface area contributed by atoms with E-state index >= 15 is 0 Å². The number of anilines is 1. The van der Waals surface area contributed by atoms with Gasteiger partial charge in [-0.05, 0) is 79.6 Å². The summed E-state index contributed by atoms with van der Waals surface area (Å²) in [6.07, 6.45) is 2.98. The first-order valence-corrected chi connectivity index (χ1v) is 13.8. The Labute approximate surface area is 235 Å². The molecule has 1 unspecified atom stereocenters. The van der Waals surface area contributed by atoms with Crippen LogP contribution in [0.1, 0.15) is 69.0 Å². The van der Waals surface area contributed by atoms with E-state index in [4.69, 9.17) is 11.6 Å². The molecule has 0 bridgehead atoms. The van der Waals surface area contributed by atoms with Gasteiger partial charge in [0.1, 0.15) is 0 Å². The Morgan fingerprint density at radius 2 is 1.75 bits per heavy atom. The average molecular weight is 571 g/mol. The number of nitrogens with one attached hydrogen (secondary N) is 2. The number of amides is 2. The molecule has 1 atom stereocenters. The molecule has 1 fully saturated rings. The molecule has 1 aromatic heterocycles. The summed E-state index contributed by atoms with van der Waals surface area (Å²) in [5.74, 6) is -1.14. The average Bonchev–Trinajstić information content (AvgIpc) is 2.96. The van der Waals surface area contributed by atoms with Crippen LogP contribution in [0.5, 0.6) is 0 Å². The number of benzene rings is 2. The van der Waals surface area contributed by atoms with Crippen molar-refractivity contribution in [3.05, 3.63) is 93.8 Å². The summed E-state index contributed by atoms with van der Waals surface area (Å²) in [5.41, 5.74) is 2.06. The number of halogens is 4. The van der Waals surface area contributed by atoms with Crippen LogP contribution in [0.4, 0.5) is 18.9 Å². The quantitative estimate of drug-likeness (QED) is 0.381. The molecule has 1 aliphatic heterocycles. The Hall–Kier alpha value is -3.59. The van der Waals surface area contributed by atoms with Crippen molar-refractivity contribution in [1.82, 2.24) is 15.6 Å². The minimum atomic E-state index is -4.70. The molecule has 6 nitrogen and oxygen atoms in total. The van der Waals surface area contributed by atoms with Crippen LogP contribution in [0.3, 0.4) is 0 Å².